The van der Waals surface area contributed by atoms with E-state index in [1.54, 1.807) is 18.2 Å². The summed E-state index contributed by atoms with van der Waals surface area (Å²) in [5, 5.41) is 0.474. The van der Waals surface area contributed by atoms with E-state index in [1.807, 2.05) is 12.1 Å². The molecule has 25 heavy (non-hydrogen) atoms. The molecule has 0 spiro atoms. The van der Waals surface area contributed by atoms with Crippen LogP contribution in [0.2, 0.25) is 0 Å². The topological polar surface area (TPSA) is 64.1 Å². The zero-order valence-electron chi connectivity index (χ0n) is 13.7. The van der Waals surface area contributed by atoms with Crippen LogP contribution in [0.15, 0.2) is 41.2 Å². The van der Waals surface area contributed by atoms with Crippen LogP contribution in [0.1, 0.15) is 27.9 Å². The van der Waals surface area contributed by atoms with Gasteiger partial charge in [-0.1, -0.05) is 6.07 Å². The zero-order valence-corrected chi connectivity index (χ0v) is 14.5. The lowest BCUT2D eigenvalue weighted by Crippen LogP contribution is -2.21. The zero-order chi connectivity index (χ0) is 17.6. The normalized spacial score (nSPS) is 13.0. The molecule has 1 aromatic heterocycles. The molecule has 0 atom stereocenters. The van der Waals surface area contributed by atoms with Gasteiger partial charge in [0.2, 0.25) is 0 Å². The van der Waals surface area contributed by atoms with Crippen LogP contribution < -0.4 is 5.56 Å². The molecule has 1 aliphatic carbocycles. The van der Waals surface area contributed by atoms with E-state index in [1.165, 1.54) is 22.8 Å². The van der Waals surface area contributed by atoms with Crippen molar-refractivity contribution in [2.45, 2.75) is 19.3 Å². The van der Waals surface area contributed by atoms with Crippen molar-refractivity contribution in [1.82, 2.24) is 9.55 Å². The Morgan fingerprint density at radius 2 is 1.96 bits per heavy atom. The number of benzene rings is 2. The van der Waals surface area contributed by atoms with E-state index in [0.29, 0.717) is 21.2 Å². The van der Waals surface area contributed by atoms with Crippen molar-refractivity contribution >= 4 is 29.1 Å². The fourth-order valence-corrected chi connectivity index (χ4v) is 3.69. The Morgan fingerprint density at radius 1 is 1.16 bits per heavy atom. The molecular formula is C19H16N2O3S. The number of nitrogens with zero attached hydrogens (tertiary/aromatic N) is 1. The third-order valence-electron chi connectivity index (χ3n) is 4.66. The number of ether oxygens (including phenoxy) is 1. The highest BCUT2D eigenvalue weighted by molar-refractivity contribution is 7.71. The summed E-state index contributed by atoms with van der Waals surface area (Å²) in [7, 11) is 1.32. The average molecular weight is 352 g/mol. The Labute approximate surface area is 148 Å². The first-order chi connectivity index (χ1) is 12.1. The minimum Gasteiger partial charge on any atom is -0.465 e. The summed E-state index contributed by atoms with van der Waals surface area (Å²) in [6.07, 6.45) is 3.27. The molecular weight excluding hydrogens is 336 g/mol. The molecule has 1 heterocycles. The molecule has 0 unspecified atom stereocenters. The van der Waals surface area contributed by atoms with Gasteiger partial charge < -0.3 is 9.72 Å². The predicted molar refractivity (Wildman–Crippen MR) is 98.1 cm³/mol. The van der Waals surface area contributed by atoms with Crippen molar-refractivity contribution in [3.05, 3.63) is 68.2 Å². The van der Waals surface area contributed by atoms with Crippen molar-refractivity contribution in [2.24, 2.45) is 0 Å². The molecule has 4 rings (SSSR count). The van der Waals surface area contributed by atoms with Gasteiger partial charge in [0, 0.05) is 0 Å². The quantitative estimate of drug-likeness (QED) is 0.568. The molecule has 2 aromatic carbocycles. The first kappa shape index (κ1) is 15.8. The van der Waals surface area contributed by atoms with E-state index in [9.17, 15) is 9.59 Å². The Hall–Kier alpha value is -2.73. The van der Waals surface area contributed by atoms with Crippen LogP contribution in [0.5, 0.6) is 0 Å². The lowest BCUT2D eigenvalue weighted by molar-refractivity contribution is 0.0601. The van der Waals surface area contributed by atoms with E-state index < -0.39 is 5.97 Å². The van der Waals surface area contributed by atoms with Crippen LogP contribution in [-0.2, 0) is 17.6 Å². The number of esters is 1. The number of carbonyl (C=O) groups excluding carboxylic acids is 1. The molecule has 0 saturated carbocycles. The Morgan fingerprint density at radius 3 is 2.76 bits per heavy atom. The maximum atomic E-state index is 13.0. The maximum Gasteiger partial charge on any atom is 0.337 e. The Bertz CT molecular complexity index is 1130. The van der Waals surface area contributed by atoms with E-state index in [-0.39, 0.29) is 5.56 Å². The minimum atomic E-state index is -0.455. The number of fused-ring (bicyclic) bond motifs is 2. The number of methoxy groups -OCH3 is 1. The van der Waals surface area contributed by atoms with Crippen LogP contribution >= 0.6 is 12.2 Å². The smallest absolute Gasteiger partial charge is 0.337 e. The van der Waals surface area contributed by atoms with Gasteiger partial charge in [-0.15, -0.1) is 0 Å². The highest BCUT2D eigenvalue weighted by Crippen LogP contribution is 2.24. The average Bonchev–Trinajstić information content (AvgIpc) is 3.08. The number of rotatable bonds is 2. The van der Waals surface area contributed by atoms with E-state index >= 15 is 0 Å². The lowest BCUT2D eigenvalue weighted by atomic mass is 10.1. The minimum absolute atomic E-state index is 0.201. The van der Waals surface area contributed by atoms with Crippen molar-refractivity contribution < 1.29 is 9.53 Å². The van der Waals surface area contributed by atoms with Crippen LogP contribution in [0.3, 0.4) is 0 Å². The van der Waals surface area contributed by atoms with E-state index in [0.717, 1.165) is 24.9 Å². The summed E-state index contributed by atoms with van der Waals surface area (Å²) in [5.41, 5.74) is 4.08. The molecule has 126 valence electrons. The van der Waals surface area contributed by atoms with E-state index in [2.05, 4.69) is 11.1 Å². The summed E-state index contributed by atoms with van der Waals surface area (Å²) < 4.78 is 6.53. The molecule has 1 N–H and O–H groups in total. The number of aromatic nitrogens is 2. The SMILES string of the molecule is COC(=O)c1ccc2c(=O)n(-c3ccc4c(c3)CCC4)c(=S)[nH]c2c1. The summed E-state index contributed by atoms with van der Waals surface area (Å²) in [4.78, 5) is 27.7. The summed E-state index contributed by atoms with van der Waals surface area (Å²) in [5.74, 6) is -0.455. The van der Waals surface area contributed by atoms with Gasteiger partial charge >= 0.3 is 5.97 Å². The first-order valence-electron chi connectivity index (χ1n) is 8.08. The van der Waals surface area contributed by atoms with Gasteiger partial charge in [0.15, 0.2) is 4.77 Å². The number of hydrogen-bond acceptors (Lipinski definition) is 4. The van der Waals surface area contributed by atoms with Crippen molar-refractivity contribution in [3.8, 4) is 5.69 Å². The molecule has 5 nitrogen and oxygen atoms in total. The third-order valence-corrected chi connectivity index (χ3v) is 4.94. The van der Waals surface area contributed by atoms with Gasteiger partial charge in [-0.05, 0) is 72.9 Å². The largest absolute Gasteiger partial charge is 0.465 e. The number of aryl methyl sites for hydroxylation is 2. The van der Waals surface area contributed by atoms with Gasteiger partial charge in [0.25, 0.3) is 5.56 Å². The van der Waals surface area contributed by atoms with Crippen LogP contribution in [0.25, 0.3) is 16.6 Å². The van der Waals surface area contributed by atoms with Crippen LogP contribution in [-0.4, -0.2) is 22.6 Å². The Balaban J connectivity index is 1.92. The summed E-state index contributed by atoms with van der Waals surface area (Å²) in [6.45, 7) is 0. The van der Waals surface area contributed by atoms with E-state index in [4.69, 9.17) is 17.0 Å². The van der Waals surface area contributed by atoms with Gasteiger partial charge in [-0.25, -0.2) is 4.79 Å². The standard InChI is InChI=1S/C19H16N2O3S/c1-24-18(23)13-6-8-15-16(10-13)20-19(25)21(17(15)22)14-7-5-11-3-2-4-12(11)9-14/h5-10H,2-4H2,1H3,(H,20,25). The molecule has 0 amide bonds. The second-order valence-electron chi connectivity index (χ2n) is 6.13. The third kappa shape index (κ3) is 2.59. The first-order valence-corrected chi connectivity index (χ1v) is 8.49. The Kier molecular flexibility index (Phi) is 3.77. The summed E-state index contributed by atoms with van der Waals surface area (Å²) >= 11 is 5.41. The number of H-pyrrole nitrogens is 1. The fourth-order valence-electron chi connectivity index (χ4n) is 3.39. The maximum absolute atomic E-state index is 13.0. The van der Waals surface area contributed by atoms with Gasteiger partial charge in [0.1, 0.15) is 0 Å². The van der Waals surface area contributed by atoms with Gasteiger partial charge in [-0.3, -0.25) is 9.36 Å². The number of nitrogens with one attached hydrogen (secondary N) is 1. The predicted octanol–water partition coefficient (Wildman–Crippen LogP) is 3.32. The number of carbonyl (C=O) groups is 1. The molecule has 0 bridgehead atoms. The molecule has 3 aromatic rings. The molecule has 1 aliphatic rings. The highest BCUT2D eigenvalue weighted by Gasteiger charge is 2.14. The van der Waals surface area contributed by atoms with Gasteiger partial charge in [-0.2, -0.15) is 0 Å². The van der Waals surface area contributed by atoms with Crippen molar-refractivity contribution in [2.75, 3.05) is 7.11 Å². The summed E-state index contributed by atoms with van der Waals surface area (Å²) in [6, 6.07) is 10.8. The van der Waals surface area contributed by atoms with Crippen molar-refractivity contribution in [3.63, 3.8) is 0 Å². The van der Waals surface area contributed by atoms with Gasteiger partial charge in [0.05, 0.1) is 29.3 Å². The fraction of sp³-hybridized carbons (Fsp3) is 0.211. The second kappa shape index (κ2) is 5.97. The number of aromatic amines is 1. The molecule has 0 fully saturated rings. The molecule has 0 saturated heterocycles. The second-order valence-corrected chi connectivity index (χ2v) is 6.52. The monoisotopic (exact) mass is 352 g/mol. The molecule has 6 heteroatoms. The lowest BCUT2D eigenvalue weighted by Gasteiger charge is -2.10. The van der Waals surface area contributed by atoms with Crippen molar-refractivity contribution in [1.29, 1.82) is 0 Å². The van der Waals surface area contributed by atoms with Crippen LogP contribution in [0, 0.1) is 4.77 Å². The molecule has 0 aliphatic heterocycles. The van der Waals surface area contributed by atoms with Crippen LogP contribution in [0.4, 0.5) is 0 Å². The molecule has 0 radical (unpaired) electrons. The number of hydrogen-bond donors (Lipinski definition) is 1. The highest BCUT2D eigenvalue weighted by atomic mass is 32.1.